The van der Waals surface area contributed by atoms with Gasteiger partial charge in [0.15, 0.2) is 0 Å². The summed E-state index contributed by atoms with van der Waals surface area (Å²) in [7, 11) is 0. The predicted molar refractivity (Wildman–Crippen MR) is 54.5 cm³/mol. The minimum atomic E-state index is 0. The summed E-state index contributed by atoms with van der Waals surface area (Å²) < 4.78 is 5.34. The molecular formula is C9H8Al2O4. The molecule has 6 heteroatoms. The standard InChI is InChI=1S/C9H8O.2Al.3O/c1-2-6-9-8(4-1)5-3-7-10-9;;;;;/h1-6H,7H2;;;;;/q;2*+3;3*-2. The van der Waals surface area contributed by atoms with E-state index in [1.165, 1.54) is 5.56 Å². The summed E-state index contributed by atoms with van der Waals surface area (Å²) in [6.07, 6.45) is 4.10. The molecule has 4 nitrogen and oxygen atoms in total. The van der Waals surface area contributed by atoms with Gasteiger partial charge >= 0.3 is 34.7 Å². The Balaban J connectivity index is -0.000000121. The summed E-state index contributed by atoms with van der Waals surface area (Å²) in [6.45, 7) is 0.705. The molecule has 0 bridgehead atoms. The number of hydrogen-bond donors (Lipinski definition) is 0. The zero-order chi connectivity index (χ0) is 6.81. The van der Waals surface area contributed by atoms with Crippen molar-refractivity contribution in [3.8, 4) is 5.75 Å². The first-order valence-electron chi connectivity index (χ1n) is 3.35. The van der Waals surface area contributed by atoms with Gasteiger partial charge in [-0.05, 0) is 12.1 Å². The Bertz CT molecular complexity index is 279. The molecule has 0 unspecified atom stereocenters. The van der Waals surface area contributed by atoms with E-state index in [9.17, 15) is 0 Å². The monoisotopic (exact) mass is 234 g/mol. The number of ether oxygens (including phenoxy) is 1. The third kappa shape index (κ3) is 5.99. The second kappa shape index (κ2) is 11.8. The maximum Gasteiger partial charge on any atom is 3.00 e. The van der Waals surface area contributed by atoms with Crippen molar-refractivity contribution in [2.24, 2.45) is 0 Å². The number of fused-ring (bicyclic) bond motifs is 1. The number of para-hydroxylation sites is 1. The van der Waals surface area contributed by atoms with Crippen LogP contribution in [-0.2, 0) is 16.4 Å². The van der Waals surface area contributed by atoms with Crippen LogP contribution >= 0.6 is 0 Å². The molecule has 0 atom stereocenters. The normalized spacial score (nSPS) is 9.33. The molecule has 0 saturated heterocycles. The molecule has 0 amide bonds. The molecule has 74 valence electrons. The molecule has 1 heterocycles. The molecule has 0 radical (unpaired) electrons. The summed E-state index contributed by atoms with van der Waals surface area (Å²) in [5.41, 5.74) is 1.17. The van der Waals surface area contributed by atoms with Crippen LogP contribution in [-0.4, -0.2) is 41.3 Å². The number of hydrogen-bond acceptors (Lipinski definition) is 1. The average molecular weight is 234 g/mol. The minimum Gasteiger partial charge on any atom is -2.00 e. The molecule has 0 spiro atoms. The van der Waals surface area contributed by atoms with E-state index in [0.29, 0.717) is 6.61 Å². The molecule has 0 aromatic heterocycles. The second-order valence-electron chi connectivity index (χ2n) is 2.25. The van der Waals surface area contributed by atoms with Crippen LogP contribution in [0.1, 0.15) is 5.56 Å². The minimum absolute atomic E-state index is 0. The van der Waals surface area contributed by atoms with Crippen LogP contribution in [0, 0.1) is 0 Å². The second-order valence-corrected chi connectivity index (χ2v) is 2.25. The SMILES string of the molecule is C1=Cc2ccccc2OC1.[Al+3].[Al+3].[O-2].[O-2].[O-2]. The zero-order valence-corrected chi connectivity index (χ0v) is 10.3. The maximum atomic E-state index is 5.34. The van der Waals surface area contributed by atoms with Crippen LogP contribution in [0.2, 0.25) is 0 Å². The third-order valence-electron chi connectivity index (χ3n) is 1.55. The zero-order valence-electron chi connectivity index (χ0n) is 7.96. The Morgan fingerprint density at radius 1 is 0.933 bits per heavy atom. The molecule has 0 N–H and O–H groups in total. The first-order chi connectivity index (χ1) is 4.97. The van der Waals surface area contributed by atoms with Gasteiger partial charge < -0.3 is 21.2 Å². The van der Waals surface area contributed by atoms with E-state index >= 15 is 0 Å². The largest absolute Gasteiger partial charge is 3.00 e. The first-order valence-corrected chi connectivity index (χ1v) is 3.35. The summed E-state index contributed by atoms with van der Waals surface area (Å²) >= 11 is 0. The summed E-state index contributed by atoms with van der Waals surface area (Å²) in [4.78, 5) is 0. The van der Waals surface area contributed by atoms with E-state index in [0.717, 1.165) is 5.75 Å². The molecule has 1 aliphatic heterocycles. The van der Waals surface area contributed by atoms with Crippen molar-refractivity contribution in [2.45, 2.75) is 0 Å². The van der Waals surface area contributed by atoms with Gasteiger partial charge in [-0.3, -0.25) is 0 Å². The van der Waals surface area contributed by atoms with E-state index in [1.54, 1.807) is 0 Å². The summed E-state index contributed by atoms with van der Waals surface area (Å²) in [6, 6.07) is 8.03. The Hall–Kier alpha value is -0.295. The van der Waals surface area contributed by atoms with Crippen LogP contribution in [0.4, 0.5) is 0 Å². The van der Waals surface area contributed by atoms with Crippen molar-refractivity contribution in [2.75, 3.05) is 6.61 Å². The molecule has 2 rings (SSSR count). The van der Waals surface area contributed by atoms with Gasteiger partial charge in [0.2, 0.25) is 0 Å². The molecule has 15 heavy (non-hydrogen) atoms. The van der Waals surface area contributed by atoms with Crippen molar-refractivity contribution in [1.82, 2.24) is 0 Å². The van der Waals surface area contributed by atoms with Gasteiger partial charge in [0.1, 0.15) is 12.4 Å². The van der Waals surface area contributed by atoms with Gasteiger partial charge in [0.05, 0.1) is 0 Å². The molecule has 0 fully saturated rings. The van der Waals surface area contributed by atoms with E-state index < -0.39 is 0 Å². The Morgan fingerprint density at radius 3 is 2.13 bits per heavy atom. The van der Waals surface area contributed by atoms with Crippen LogP contribution in [0.3, 0.4) is 0 Å². The van der Waals surface area contributed by atoms with E-state index in [2.05, 4.69) is 6.08 Å². The van der Waals surface area contributed by atoms with Crippen molar-refractivity contribution >= 4 is 40.8 Å². The van der Waals surface area contributed by atoms with E-state index in [1.807, 2.05) is 30.3 Å². The van der Waals surface area contributed by atoms with E-state index in [4.69, 9.17) is 4.74 Å². The van der Waals surface area contributed by atoms with Gasteiger partial charge in [-0.15, -0.1) is 0 Å². The van der Waals surface area contributed by atoms with Gasteiger partial charge in [0, 0.05) is 5.56 Å². The Morgan fingerprint density at radius 2 is 1.53 bits per heavy atom. The quantitative estimate of drug-likeness (QED) is 0.614. The number of benzene rings is 1. The fraction of sp³-hybridized carbons (Fsp3) is 0.111. The third-order valence-corrected chi connectivity index (χ3v) is 1.55. The topological polar surface area (TPSA) is 94.7 Å². The molecule has 1 aromatic rings. The van der Waals surface area contributed by atoms with Crippen LogP contribution < -0.4 is 4.74 Å². The predicted octanol–water partition coefficient (Wildman–Crippen LogP) is 0.974. The van der Waals surface area contributed by atoms with Crippen LogP contribution in [0.5, 0.6) is 5.75 Å². The van der Waals surface area contributed by atoms with Crippen molar-refractivity contribution < 1.29 is 21.2 Å². The smallest absolute Gasteiger partial charge is 2.00 e. The average Bonchev–Trinajstić information content (AvgIpc) is 2.05. The van der Waals surface area contributed by atoms with Crippen molar-refractivity contribution in [3.63, 3.8) is 0 Å². The Kier molecular flexibility index (Phi) is 18.9. The molecule has 1 aliphatic rings. The molecule has 1 aromatic carbocycles. The van der Waals surface area contributed by atoms with Gasteiger partial charge in [-0.2, -0.15) is 0 Å². The fourth-order valence-corrected chi connectivity index (χ4v) is 1.06. The van der Waals surface area contributed by atoms with Gasteiger partial charge in [-0.25, -0.2) is 0 Å². The van der Waals surface area contributed by atoms with Crippen LogP contribution in [0.25, 0.3) is 6.08 Å². The Labute approximate surface area is 110 Å². The summed E-state index contributed by atoms with van der Waals surface area (Å²) in [5, 5.41) is 0. The van der Waals surface area contributed by atoms with Crippen molar-refractivity contribution in [3.05, 3.63) is 35.9 Å². The molecule has 0 aliphatic carbocycles. The van der Waals surface area contributed by atoms with Crippen LogP contribution in [0.15, 0.2) is 30.3 Å². The van der Waals surface area contributed by atoms with Gasteiger partial charge in [0.25, 0.3) is 0 Å². The molecule has 0 saturated carbocycles. The van der Waals surface area contributed by atoms with Crippen molar-refractivity contribution in [1.29, 1.82) is 0 Å². The fourth-order valence-electron chi connectivity index (χ4n) is 1.06. The van der Waals surface area contributed by atoms with E-state index in [-0.39, 0.29) is 51.2 Å². The van der Waals surface area contributed by atoms with Gasteiger partial charge in [-0.1, -0.05) is 24.3 Å². The summed E-state index contributed by atoms with van der Waals surface area (Å²) in [5.74, 6) is 0.991. The maximum absolute atomic E-state index is 5.34. The number of rotatable bonds is 0. The first kappa shape index (κ1) is 24.1. The molecular weight excluding hydrogens is 226 g/mol.